The second-order valence-electron chi connectivity index (χ2n) is 5.74. The molecule has 0 aromatic carbocycles. The number of amides is 2. The molecule has 2 amide bonds. The zero-order chi connectivity index (χ0) is 12.7. The first kappa shape index (κ1) is 11.8. The highest BCUT2D eigenvalue weighted by atomic mass is 16.5. The van der Waals surface area contributed by atoms with Crippen molar-refractivity contribution in [3.05, 3.63) is 0 Å². The fraction of sp³-hybridized carbons (Fsp3) is 0.846. The molecule has 3 saturated heterocycles. The fourth-order valence-electron chi connectivity index (χ4n) is 3.89. The van der Waals surface area contributed by atoms with E-state index in [9.17, 15) is 9.59 Å². The van der Waals surface area contributed by atoms with Crippen LogP contribution >= 0.6 is 0 Å². The van der Waals surface area contributed by atoms with Crippen LogP contribution in [0.3, 0.4) is 0 Å². The van der Waals surface area contributed by atoms with Gasteiger partial charge in [0, 0.05) is 32.1 Å². The third kappa shape index (κ3) is 1.85. The first-order valence-electron chi connectivity index (χ1n) is 6.81. The molecule has 0 aromatic rings. The summed E-state index contributed by atoms with van der Waals surface area (Å²) in [5.41, 5.74) is 0. The number of hydrogen-bond donors (Lipinski definition) is 0. The second-order valence-corrected chi connectivity index (χ2v) is 5.74. The Morgan fingerprint density at radius 2 is 2.17 bits per heavy atom. The van der Waals surface area contributed by atoms with E-state index in [1.807, 2.05) is 4.90 Å². The Hall–Kier alpha value is -1.26. The van der Waals surface area contributed by atoms with Crippen molar-refractivity contribution in [3.63, 3.8) is 0 Å². The Morgan fingerprint density at radius 1 is 1.33 bits per heavy atom. The van der Waals surface area contributed by atoms with Crippen molar-refractivity contribution in [2.45, 2.75) is 31.7 Å². The molecular weight excluding hydrogens is 232 g/mol. The number of nitrogens with zero attached hydrogens (tertiary/aromatic N) is 2. The van der Waals surface area contributed by atoms with Crippen LogP contribution in [0.1, 0.15) is 25.7 Å². The molecule has 0 unspecified atom stereocenters. The van der Waals surface area contributed by atoms with E-state index < -0.39 is 0 Å². The van der Waals surface area contributed by atoms with E-state index in [2.05, 4.69) is 4.90 Å². The van der Waals surface area contributed by atoms with E-state index in [1.54, 1.807) is 0 Å². The minimum Gasteiger partial charge on any atom is -0.453 e. The molecule has 0 aliphatic carbocycles. The van der Waals surface area contributed by atoms with Gasteiger partial charge in [-0.05, 0) is 31.1 Å². The molecule has 0 spiro atoms. The smallest absolute Gasteiger partial charge is 0.409 e. The predicted octanol–water partition coefficient (Wildman–Crippen LogP) is 1.09. The number of likely N-dealkylation sites (tertiary alicyclic amines) is 1. The number of carbonyl (C=O) groups is 2. The summed E-state index contributed by atoms with van der Waals surface area (Å²) < 4.78 is 4.82. The van der Waals surface area contributed by atoms with Gasteiger partial charge in [0.05, 0.1) is 7.11 Å². The lowest BCUT2D eigenvalue weighted by Crippen LogP contribution is -2.61. The quantitative estimate of drug-likeness (QED) is 0.648. The lowest BCUT2D eigenvalue weighted by Gasteiger charge is -2.52. The maximum atomic E-state index is 12.0. The van der Waals surface area contributed by atoms with Crippen LogP contribution in [-0.2, 0) is 9.53 Å². The summed E-state index contributed by atoms with van der Waals surface area (Å²) in [7, 11) is 1.43. The number of rotatable bonds is 0. The molecule has 2 bridgehead atoms. The van der Waals surface area contributed by atoms with Gasteiger partial charge in [0.2, 0.25) is 5.91 Å². The lowest BCUT2D eigenvalue weighted by atomic mass is 9.76. The molecule has 3 heterocycles. The maximum Gasteiger partial charge on any atom is 0.409 e. The number of carbonyl (C=O) groups excluding carboxylic acids is 2. The highest BCUT2D eigenvalue weighted by molar-refractivity contribution is 5.77. The molecule has 3 fully saturated rings. The molecule has 5 heteroatoms. The van der Waals surface area contributed by atoms with Crippen LogP contribution in [-0.4, -0.2) is 54.6 Å². The minimum atomic E-state index is -0.222. The zero-order valence-electron chi connectivity index (χ0n) is 10.8. The second kappa shape index (κ2) is 4.44. The third-order valence-electron chi connectivity index (χ3n) is 4.61. The number of ether oxygens (including phenoxy) is 1. The first-order chi connectivity index (χ1) is 8.69. The van der Waals surface area contributed by atoms with E-state index in [0.717, 1.165) is 38.9 Å². The molecule has 3 rings (SSSR count). The average Bonchev–Trinajstić information content (AvgIpc) is 2.39. The third-order valence-corrected chi connectivity index (χ3v) is 4.61. The van der Waals surface area contributed by atoms with Crippen molar-refractivity contribution in [2.75, 3.05) is 26.7 Å². The van der Waals surface area contributed by atoms with Gasteiger partial charge in [-0.3, -0.25) is 4.79 Å². The summed E-state index contributed by atoms with van der Waals surface area (Å²) in [6, 6.07) is 0.356. The molecule has 0 radical (unpaired) electrons. The molecule has 0 N–H and O–H groups in total. The molecule has 100 valence electrons. The van der Waals surface area contributed by atoms with Gasteiger partial charge in [-0.1, -0.05) is 0 Å². The van der Waals surface area contributed by atoms with Crippen molar-refractivity contribution in [1.82, 2.24) is 9.80 Å². The summed E-state index contributed by atoms with van der Waals surface area (Å²) in [5.74, 6) is 1.19. The number of piperidine rings is 3. The predicted molar refractivity (Wildman–Crippen MR) is 64.9 cm³/mol. The molecule has 0 aromatic heterocycles. The van der Waals surface area contributed by atoms with E-state index >= 15 is 0 Å². The molecule has 3 aliphatic rings. The lowest BCUT2D eigenvalue weighted by molar-refractivity contribution is -0.144. The van der Waals surface area contributed by atoms with Crippen LogP contribution < -0.4 is 0 Å². The van der Waals surface area contributed by atoms with Gasteiger partial charge in [-0.2, -0.15) is 0 Å². The van der Waals surface area contributed by atoms with Crippen LogP contribution in [0.25, 0.3) is 0 Å². The van der Waals surface area contributed by atoms with Gasteiger partial charge < -0.3 is 14.5 Å². The summed E-state index contributed by atoms with van der Waals surface area (Å²) in [5, 5.41) is 0. The Labute approximate surface area is 107 Å². The Kier molecular flexibility index (Phi) is 2.92. The first-order valence-corrected chi connectivity index (χ1v) is 6.81. The Bertz CT molecular complexity index is 371. The Morgan fingerprint density at radius 3 is 2.94 bits per heavy atom. The summed E-state index contributed by atoms with van der Waals surface area (Å²) in [4.78, 5) is 27.5. The van der Waals surface area contributed by atoms with Gasteiger partial charge in [0.1, 0.15) is 0 Å². The molecule has 5 nitrogen and oxygen atoms in total. The van der Waals surface area contributed by atoms with E-state index in [1.165, 1.54) is 7.11 Å². The normalized spacial score (nSPS) is 35.2. The standard InChI is InChI=1S/C13H20N2O3/c1-18-13(17)14-6-9-5-10(8-14)11-3-2-4-12(16)15(11)7-9/h9-11H,2-8H2,1H3/t9-,10+,11-/m0/s1. The van der Waals surface area contributed by atoms with Gasteiger partial charge in [-0.25, -0.2) is 4.79 Å². The average molecular weight is 252 g/mol. The van der Waals surface area contributed by atoms with Crippen molar-refractivity contribution in [3.8, 4) is 0 Å². The number of hydrogen-bond acceptors (Lipinski definition) is 3. The zero-order valence-corrected chi connectivity index (χ0v) is 10.8. The SMILES string of the molecule is COC(=O)N1C[C@@H]2C[C@H](C1)[C@@H]1CCCC(=O)N1C2. The molecule has 3 atom stereocenters. The van der Waals surface area contributed by atoms with Crippen molar-refractivity contribution < 1.29 is 14.3 Å². The van der Waals surface area contributed by atoms with Gasteiger partial charge in [0.25, 0.3) is 0 Å². The van der Waals surface area contributed by atoms with E-state index in [-0.39, 0.29) is 6.09 Å². The minimum absolute atomic E-state index is 0.222. The largest absolute Gasteiger partial charge is 0.453 e. The molecule has 18 heavy (non-hydrogen) atoms. The molecule has 0 saturated carbocycles. The van der Waals surface area contributed by atoms with E-state index in [4.69, 9.17) is 4.74 Å². The number of methoxy groups -OCH3 is 1. The van der Waals surface area contributed by atoms with Gasteiger partial charge in [-0.15, -0.1) is 0 Å². The summed E-state index contributed by atoms with van der Waals surface area (Å²) in [6.07, 6.45) is 3.73. The van der Waals surface area contributed by atoms with Crippen LogP contribution in [0.2, 0.25) is 0 Å². The fourth-order valence-corrected chi connectivity index (χ4v) is 3.89. The van der Waals surface area contributed by atoms with Crippen LogP contribution in [0.15, 0.2) is 0 Å². The highest BCUT2D eigenvalue weighted by Gasteiger charge is 2.44. The monoisotopic (exact) mass is 252 g/mol. The van der Waals surface area contributed by atoms with Crippen LogP contribution in [0.5, 0.6) is 0 Å². The van der Waals surface area contributed by atoms with Crippen molar-refractivity contribution in [1.29, 1.82) is 0 Å². The van der Waals surface area contributed by atoms with Crippen molar-refractivity contribution >= 4 is 12.0 Å². The van der Waals surface area contributed by atoms with E-state index in [0.29, 0.717) is 30.2 Å². The highest BCUT2D eigenvalue weighted by Crippen LogP contribution is 2.37. The maximum absolute atomic E-state index is 12.0. The van der Waals surface area contributed by atoms with Gasteiger partial charge >= 0.3 is 6.09 Å². The topological polar surface area (TPSA) is 49.9 Å². The molecule has 3 aliphatic heterocycles. The van der Waals surface area contributed by atoms with Crippen LogP contribution in [0.4, 0.5) is 4.79 Å². The van der Waals surface area contributed by atoms with Crippen LogP contribution in [0, 0.1) is 11.8 Å². The summed E-state index contributed by atoms with van der Waals surface area (Å²) >= 11 is 0. The van der Waals surface area contributed by atoms with Gasteiger partial charge in [0.15, 0.2) is 0 Å². The number of fused-ring (bicyclic) bond motifs is 4. The summed E-state index contributed by atoms with van der Waals surface area (Å²) in [6.45, 7) is 2.31. The Balaban J connectivity index is 1.76. The van der Waals surface area contributed by atoms with Crippen molar-refractivity contribution in [2.24, 2.45) is 11.8 Å². The molecular formula is C13H20N2O3.